The van der Waals surface area contributed by atoms with E-state index in [0.29, 0.717) is 24.8 Å². The molecule has 0 spiro atoms. The van der Waals surface area contributed by atoms with Crippen LogP contribution in [-0.4, -0.2) is 42.1 Å². The van der Waals surface area contributed by atoms with Crippen molar-refractivity contribution >= 4 is 18.2 Å². The largest absolute Gasteiger partial charge is 0.458 e. The van der Waals surface area contributed by atoms with Gasteiger partial charge in [0.05, 0.1) is 5.92 Å². The minimum absolute atomic E-state index is 0.0793. The van der Waals surface area contributed by atoms with Gasteiger partial charge in [0.2, 0.25) is 0 Å². The number of hydrogen-bond acceptors (Lipinski definition) is 6. The van der Waals surface area contributed by atoms with Crippen molar-refractivity contribution in [3.63, 3.8) is 0 Å². The first kappa shape index (κ1) is 19.1. The lowest BCUT2D eigenvalue weighted by Crippen LogP contribution is -2.36. The molecule has 1 N–H and O–H groups in total. The van der Waals surface area contributed by atoms with Gasteiger partial charge >= 0.3 is 11.9 Å². The molecule has 0 amide bonds. The van der Waals surface area contributed by atoms with Crippen LogP contribution in [0.2, 0.25) is 0 Å². The summed E-state index contributed by atoms with van der Waals surface area (Å²) >= 11 is 0. The number of fused-ring (bicyclic) bond motifs is 1. The van der Waals surface area contributed by atoms with E-state index in [1.165, 1.54) is 0 Å². The normalized spacial score (nSPS) is 29.9. The Kier molecular flexibility index (Phi) is 6.31. The first-order chi connectivity index (χ1) is 11.9. The summed E-state index contributed by atoms with van der Waals surface area (Å²) < 4.78 is 10.9. The number of ether oxygens (including phenoxy) is 2. The van der Waals surface area contributed by atoms with Crippen LogP contribution in [0.5, 0.6) is 0 Å². The summed E-state index contributed by atoms with van der Waals surface area (Å²) in [5.74, 6) is -1.78. The number of aldehydes is 1. The topological polar surface area (TPSA) is 89.9 Å². The fourth-order valence-corrected chi connectivity index (χ4v) is 3.31. The molecular weight excluding hydrogens is 324 g/mol. The van der Waals surface area contributed by atoms with Gasteiger partial charge in [-0.25, -0.2) is 9.59 Å². The van der Waals surface area contributed by atoms with Crippen LogP contribution < -0.4 is 0 Å². The molecule has 4 unspecified atom stereocenters. The van der Waals surface area contributed by atoms with Gasteiger partial charge in [-0.1, -0.05) is 19.2 Å². The van der Waals surface area contributed by atoms with E-state index >= 15 is 0 Å². The van der Waals surface area contributed by atoms with Gasteiger partial charge in [-0.15, -0.1) is 0 Å². The van der Waals surface area contributed by atoms with Crippen LogP contribution in [0.4, 0.5) is 0 Å². The Hall–Kier alpha value is -2.21. The molecule has 0 saturated carbocycles. The van der Waals surface area contributed by atoms with Crippen molar-refractivity contribution in [2.24, 2.45) is 11.8 Å². The summed E-state index contributed by atoms with van der Waals surface area (Å²) in [6, 6.07) is 0. The molecule has 1 aliphatic carbocycles. The summed E-state index contributed by atoms with van der Waals surface area (Å²) in [6.07, 6.45) is 3.17. The van der Waals surface area contributed by atoms with E-state index < -0.39 is 30.1 Å². The number of esters is 2. The highest BCUT2D eigenvalue weighted by molar-refractivity contribution is 5.91. The highest BCUT2D eigenvalue weighted by Crippen LogP contribution is 2.38. The average Bonchev–Trinajstić information content (AvgIpc) is 2.85. The first-order valence-corrected chi connectivity index (χ1v) is 8.38. The van der Waals surface area contributed by atoms with Crippen LogP contribution in [0.15, 0.2) is 36.0 Å². The summed E-state index contributed by atoms with van der Waals surface area (Å²) in [6.45, 7) is 8.84. The highest BCUT2D eigenvalue weighted by atomic mass is 16.6. The van der Waals surface area contributed by atoms with Gasteiger partial charge in [-0.05, 0) is 37.7 Å². The molecule has 0 aromatic carbocycles. The van der Waals surface area contributed by atoms with Crippen molar-refractivity contribution in [1.29, 1.82) is 0 Å². The molecule has 1 fully saturated rings. The monoisotopic (exact) mass is 348 g/mol. The second kappa shape index (κ2) is 8.25. The average molecular weight is 348 g/mol. The van der Waals surface area contributed by atoms with E-state index in [9.17, 15) is 19.5 Å². The molecule has 1 aliphatic heterocycles. The maximum atomic E-state index is 12.0. The molecule has 0 aromatic rings. The summed E-state index contributed by atoms with van der Waals surface area (Å²) in [5, 5.41) is 9.64. The van der Waals surface area contributed by atoms with E-state index in [1.54, 1.807) is 6.92 Å². The van der Waals surface area contributed by atoms with Gasteiger partial charge in [0.1, 0.15) is 18.5 Å². The van der Waals surface area contributed by atoms with E-state index in [1.807, 2.05) is 6.08 Å². The van der Waals surface area contributed by atoms with Gasteiger partial charge in [0.15, 0.2) is 0 Å². The van der Waals surface area contributed by atoms with Crippen molar-refractivity contribution < 1.29 is 29.0 Å². The predicted molar refractivity (Wildman–Crippen MR) is 90.4 cm³/mol. The molecule has 2 rings (SSSR count). The SMILES string of the molecule is C=C(C)C(=O)OC1CC(CO)CCC=C(C=O)CC2OC(=O)C(=C)C12. The number of hydrogen-bond donors (Lipinski definition) is 1. The third kappa shape index (κ3) is 4.45. The molecule has 0 bridgehead atoms. The fraction of sp³-hybridized carbons (Fsp3) is 0.526. The van der Waals surface area contributed by atoms with Gasteiger partial charge in [0.25, 0.3) is 0 Å². The maximum absolute atomic E-state index is 12.0. The van der Waals surface area contributed by atoms with Crippen molar-refractivity contribution in [3.8, 4) is 0 Å². The quantitative estimate of drug-likeness (QED) is 0.474. The lowest BCUT2D eigenvalue weighted by atomic mass is 9.81. The van der Waals surface area contributed by atoms with Crippen LogP contribution in [0.3, 0.4) is 0 Å². The second-order valence-electron chi connectivity index (χ2n) is 6.68. The summed E-state index contributed by atoms with van der Waals surface area (Å²) in [5.41, 5.74) is 1.01. The van der Waals surface area contributed by atoms with Crippen molar-refractivity contribution in [2.45, 2.75) is 44.8 Å². The Morgan fingerprint density at radius 2 is 2.24 bits per heavy atom. The van der Waals surface area contributed by atoms with Gasteiger partial charge < -0.3 is 14.6 Å². The fourth-order valence-electron chi connectivity index (χ4n) is 3.31. The number of aliphatic hydroxyl groups excluding tert-OH is 1. The molecule has 6 nitrogen and oxygen atoms in total. The number of aliphatic hydroxyl groups is 1. The number of rotatable bonds is 4. The third-order valence-corrected chi connectivity index (χ3v) is 4.72. The lowest BCUT2D eigenvalue weighted by Gasteiger charge is -2.30. The molecule has 0 radical (unpaired) electrons. The molecular formula is C19H24O6. The standard InChI is InChI=1S/C19H24O6/c1-11(2)18(22)24-15-7-13(9-20)5-4-6-14(10-21)8-16-17(15)12(3)19(23)25-16/h6,10,13,15-17,20H,1,3-5,7-9H2,2H3. The Morgan fingerprint density at radius 3 is 2.84 bits per heavy atom. The van der Waals surface area contributed by atoms with Crippen LogP contribution in [-0.2, 0) is 23.9 Å². The van der Waals surface area contributed by atoms with Crippen molar-refractivity contribution in [1.82, 2.24) is 0 Å². The zero-order valence-electron chi connectivity index (χ0n) is 14.4. The predicted octanol–water partition coefficient (Wildman–Crippen LogP) is 1.88. The zero-order chi connectivity index (χ0) is 18.6. The Bertz CT molecular complexity index is 617. The Morgan fingerprint density at radius 1 is 1.52 bits per heavy atom. The lowest BCUT2D eigenvalue weighted by molar-refractivity contribution is -0.149. The molecule has 136 valence electrons. The minimum Gasteiger partial charge on any atom is -0.458 e. The Labute approximate surface area is 147 Å². The van der Waals surface area contributed by atoms with Gasteiger partial charge in [-0.2, -0.15) is 0 Å². The van der Waals surface area contributed by atoms with Crippen molar-refractivity contribution in [3.05, 3.63) is 36.0 Å². The summed E-state index contributed by atoms with van der Waals surface area (Å²) in [4.78, 5) is 35.4. The zero-order valence-corrected chi connectivity index (χ0v) is 14.4. The smallest absolute Gasteiger partial charge is 0.334 e. The van der Waals surface area contributed by atoms with Gasteiger partial charge in [0, 0.05) is 24.2 Å². The second-order valence-corrected chi connectivity index (χ2v) is 6.68. The minimum atomic E-state index is -0.670. The third-order valence-electron chi connectivity index (χ3n) is 4.72. The van der Waals surface area contributed by atoms with Crippen LogP contribution in [0.25, 0.3) is 0 Å². The van der Waals surface area contributed by atoms with Gasteiger partial charge in [-0.3, -0.25) is 4.79 Å². The van der Waals surface area contributed by atoms with E-state index in [4.69, 9.17) is 9.47 Å². The van der Waals surface area contributed by atoms with E-state index in [2.05, 4.69) is 13.2 Å². The number of allylic oxidation sites excluding steroid dienone is 1. The maximum Gasteiger partial charge on any atom is 0.334 e. The first-order valence-electron chi connectivity index (χ1n) is 8.38. The molecule has 6 heteroatoms. The van der Waals surface area contributed by atoms with Crippen molar-refractivity contribution in [2.75, 3.05) is 6.61 Å². The highest BCUT2D eigenvalue weighted by Gasteiger charge is 2.46. The molecule has 1 heterocycles. The number of carbonyl (C=O) groups is 3. The molecule has 4 atom stereocenters. The Balaban J connectivity index is 2.38. The molecule has 2 aliphatic rings. The molecule has 25 heavy (non-hydrogen) atoms. The summed E-state index contributed by atoms with van der Waals surface area (Å²) in [7, 11) is 0. The van der Waals surface area contributed by atoms with E-state index in [0.717, 1.165) is 6.29 Å². The molecule has 0 aromatic heterocycles. The van der Waals surface area contributed by atoms with Crippen LogP contribution >= 0.6 is 0 Å². The van der Waals surface area contributed by atoms with Crippen LogP contribution in [0, 0.1) is 11.8 Å². The number of carbonyl (C=O) groups excluding carboxylic acids is 3. The van der Waals surface area contributed by atoms with Crippen LogP contribution in [0.1, 0.15) is 32.6 Å². The van der Waals surface area contributed by atoms with E-state index in [-0.39, 0.29) is 30.1 Å². The molecule has 1 saturated heterocycles.